The summed E-state index contributed by atoms with van der Waals surface area (Å²) in [4.78, 5) is 25.3. The predicted molar refractivity (Wildman–Crippen MR) is 93.0 cm³/mol. The van der Waals surface area contributed by atoms with Crippen LogP contribution in [0, 0.1) is 5.82 Å². The van der Waals surface area contributed by atoms with Crippen molar-refractivity contribution in [3.63, 3.8) is 0 Å². The number of halogens is 3. The van der Waals surface area contributed by atoms with Crippen molar-refractivity contribution in [2.75, 3.05) is 18.9 Å². The topological polar surface area (TPSA) is 70.7 Å². The van der Waals surface area contributed by atoms with Crippen LogP contribution < -0.4 is 15.4 Å². The van der Waals surface area contributed by atoms with Crippen LogP contribution in [-0.4, -0.2) is 37.0 Å². The molecule has 0 aromatic heterocycles. The van der Waals surface area contributed by atoms with E-state index in [0.29, 0.717) is 6.54 Å². The number of nitrogens with one attached hydrogen (secondary N) is 2. The Kier molecular flexibility index (Phi) is 7.18. The van der Waals surface area contributed by atoms with Crippen LogP contribution in [0.25, 0.3) is 0 Å². The lowest BCUT2D eigenvalue weighted by atomic mass is 10.2. The molecule has 0 atom stereocenters. The summed E-state index contributed by atoms with van der Waals surface area (Å²) in [5.74, 6) is -1.15. The number of anilines is 1. The molecule has 2 N–H and O–H groups in total. The smallest absolute Gasteiger partial charge is 0.387 e. The minimum Gasteiger partial charge on any atom is -0.435 e. The predicted octanol–water partition coefficient (Wildman–Crippen LogP) is 3.21. The number of urea groups is 1. The highest BCUT2D eigenvalue weighted by molar-refractivity contribution is 6.01. The number of likely N-dealkylation sites (N-methyl/N-ethyl adjacent to an activating group) is 1. The van der Waals surface area contributed by atoms with Crippen molar-refractivity contribution in [1.82, 2.24) is 10.2 Å². The summed E-state index contributed by atoms with van der Waals surface area (Å²) in [5, 5.41) is 4.35. The number of nitrogens with zero attached hydrogens (tertiary/aromatic N) is 1. The van der Waals surface area contributed by atoms with Crippen molar-refractivity contribution < 1.29 is 27.5 Å². The van der Waals surface area contributed by atoms with Gasteiger partial charge in [0.05, 0.1) is 12.2 Å². The molecule has 0 saturated heterocycles. The summed E-state index contributed by atoms with van der Waals surface area (Å²) in [6.45, 7) is -2.64. The minimum absolute atomic E-state index is 0.0396. The molecule has 2 aromatic rings. The first kappa shape index (κ1) is 20.2. The molecule has 2 aromatic carbocycles. The lowest BCUT2D eigenvalue weighted by Gasteiger charge is -2.16. The fourth-order valence-corrected chi connectivity index (χ4v) is 2.27. The van der Waals surface area contributed by atoms with Gasteiger partial charge in [0.1, 0.15) is 11.6 Å². The highest BCUT2D eigenvalue weighted by Crippen LogP contribution is 2.15. The quantitative estimate of drug-likeness (QED) is 0.773. The first-order valence-electron chi connectivity index (χ1n) is 7.91. The number of hydrogen-bond donors (Lipinski definition) is 2. The second kappa shape index (κ2) is 9.58. The number of carbonyl (C=O) groups is 2. The molecule has 3 amide bonds. The van der Waals surface area contributed by atoms with Crippen molar-refractivity contribution >= 4 is 17.6 Å². The van der Waals surface area contributed by atoms with Crippen molar-refractivity contribution in [3.8, 4) is 5.75 Å². The molecule has 0 fully saturated rings. The zero-order chi connectivity index (χ0) is 19.8. The maximum atomic E-state index is 13.5. The molecule has 0 spiro atoms. The fourth-order valence-electron chi connectivity index (χ4n) is 2.27. The Bertz CT molecular complexity index is 785. The Morgan fingerprint density at radius 3 is 2.41 bits per heavy atom. The standard InChI is InChI=1S/C18H18F3N3O3/c1-24(10-12-6-8-13(9-7-12)27-17(20)21)11-16(25)23-18(26)22-15-5-3-2-4-14(15)19/h2-9,17H,10-11H2,1H3,(H2,22,23,25,26). The fraction of sp³-hybridized carbons (Fsp3) is 0.222. The van der Waals surface area contributed by atoms with E-state index < -0.39 is 24.4 Å². The van der Waals surface area contributed by atoms with Crippen molar-refractivity contribution in [2.45, 2.75) is 13.2 Å². The minimum atomic E-state index is -2.89. The first-order chi connectivity index (χ1) is 12.8. The number of alkyl halides is 2. The van der Waals surface area contributed by atoms with E-state index in [2.05, 4.69) is 15.4 Å². The summed E-state index contributed by atoms with van der Waals surface area (Å²) in [7, 11) is 1.65. The Balaban J connectivity index is 1.79. The van der Waals surface area contributed by atoms with Gasteiger partial charge in [-0.2, -0.15) is 8.78 Å². The van der Waals surface area contributed by atoms with Crippen LogP contribution in [0.4, 0.5) is 23.7 Å². The van der Waals surface area contributed by atoms with Crippen LogP contribution in [0.3, 0.4) is 0 Å². The van der Waals surface area contributed by atoms with Crippen LogP contribution in [-0.2, 0) is 11.3 Å². The van der Waals surface area contributed by atoms with Crippen molar-refractivity contribution in [2.24, 2.45) is 0 Å². The number of carbonyl (C=O) groups excluding carboxylic acids is 2. The molecular formula is C18H18F3N3O3. The van der Waals surface area contributed by atoms with E-state index in [1.165, 1.54) is 30.3 Å². The molecule has 2 rings (SSSR count). The Morgan fingerprint density at radius 1 is 1.11 bits per heavy atom. The van der Waals surface area contributed by atoms with E-state index in [-0.39, 0.29) is 18.0 Å². The SMILES string of the molecule is CN(CC(=O)NC(=O)Nc1ccccc1F)Cc1ccc(OC(F)F)cc1. The first-order valence-corrected chi connectivity index (χ1v) is 7.91. The van der Waals surface area contributed by atoms with Gasteiger partial charge in [0.15, 0.2) is 0 Å². The largest absolute Gasteiger partial charge is 0.435 e. The Labute approximate surface area is 153 Å². The average molecular weight is 381 g/mol. The Morgan fingerprint density at radius 2 is 1.78 bits per heavy atom. The molecule has 0 bridgehead atoms. The third kappa shape index (κ3) is 6.98. The zero-order valence-corrected chi connectivity index (χ0v) is 14.4. The highest BCUT2D eigenvalue weighted by Gasteiger charge is 2.12. The van der Waals surface area contributed by atoms with E-state index in [9.17, 15) is 22.8 Å². The summed E-state index contributed by atoms with van der Waals surface area (Å²) >= 11 is 0. The molecule has 0 unspecified atom stereocenters. The number of amides is 3. The second-order valence-electron chi connectivity index (χ2n) is 5.68. The van der Waals surface area contributed by atoms with Crippen molar-refractivity contribution in [3.05, 3.63) is 59.9 Å². The summed E-state index contributed by atoms with van der Waals surface area (Å²) in [5.41, 5.74) is 0.727. The van der Waals surface area contributed by atoms with Crippen LogP contribution in [0.15, 0.2) is 48.5 Å². The normalized spacial score (nSPS) is 10.7. The number of ether oxygens (including phenoxy) is 1. The lowest BCUT2D eigenvalue weighted by molar-refractivity contribution is -0.120. The van der Waals surface area contributed by atoms with Gasteiger partial charge in [-0.05, 0) is 36.9 Å². The average Bonchev–Trinajstić information content (AvgIpc) is 2.58. The number of para-hydroxylation sites is 1. The maximum absolute atomic E-state index is 13.5. The molecule has 0 saturated carbocycles. The van der Waals surface area contributed by atoms with E-state index in [1.807, 2.05) is 0 Å². The van der Waals surface area contributed by atoms with Crippen LogP contribution in [0.2, 0.25) is 0 Å². The van der Waals surface area contributed by atoms with Gasteiger partial charge in [0.2, 0.25) is 5.91 Å². The summed E-state index contributed by atoms with van der Waals surface area (Å²) in [6, 6.07) is 10.7. The van der Waals surface area contributed by atoms with Crippen LogP contribution in [0.1, 0.15) is 5.56 Å². The summed E-state index contributed by atoms with van der Waals surface area (Å²) < 4.78 is 41.9. The second-order valence-corrected chi connectivity index (χ2v) is 5.68. The van der Waals surface area contributed by atoms with Gasteiger partial charge in [0.25, 0.3) is 0 Å². The lowest BCUT2D eigenvalue weighted by Crippen LogP contribution is -2.40. The molecule has 0 aliphatic heterocycles. The molecule has 27 heavy (non-hydrogen) atoms. The molecule has 9 heteroatoms. The van der Waals surface area contributed by atoms with Gasteiger partial charge in [0, 0.05) is 6.54 Å². The molecule has 0 aliphatic rings. The van der Waals surface area contributed by atoms with Crippen molar-refractivity contribution in [1.29, 1.82) is 0 Å². The molecule has 0 aliphatic carbocycles. The summed E-state index contributed by atoms with van der Waals surface area (Å²) in [6.07, 6.45) is 0. The third-order valence-corrected chi connectivity index (χ3v) is 3.39. The third-order valence-electron chi connectivity index (χ3n) is 3.39. The van der Waals surface area contributed by atoms with Crippen LogP contribution >= 0.6 is 0 Å². The Hall–Kier alpha value is -3.07. The van der Waals surface area contributed by atoms with Gasteiger partial charge >= 0.3 is 12.6 Å². The number of imide groups is 1. The monoisotopic (exact) mass is 381 g/mol. The van der Waals surface area contributed by atoms with E-state index in [1.54, 1.807) is 30.1 Å². The highest BCUT2D eigenvalue weighted by atomic mass is 19.3. The van der Waals surface area contributed by atoms with Crippen LogP contribution in [0.5, 0.6) is 5.75 Å². The molecule has 0 heterocycles. The van der Waals surface area contributed by atoms with E-state index in [0.717, 1.165) is 5.56 Å². The zero-order valence-electron chi connectivity index (χ0n) is 14.4. The molecular weight excluding hydrogens is 363 g/mol. The van der Waals surface area contributed by atoms with E-state index >= 15 is 0 Å². The number of benzene rings is 2. The van der Waals surface area contributed by atoms with Gasteiger partial charge in [-0.3, -0.25) is 15.0 Å². The van der Waals surface area contributed by atoms with Gasteiger partial charge in [-0.25, -0.2) is 9.18 Å². The molecule has 144 valence electrons. The number of hydrogen-bond acceptors (Lipinski definition) is 4. The maximum Gasteiger partial charge on any atom is 0.387 e. The molecule has 0 radical (unpaired) electrons. The van der Waals surface area contributed by atoms with Gasteiger partial charge in [-0.15, -0.1) is 0 Å². The number of rotatable bonds is 7. The molecule has 6 nitrogen and oxygen atoms in total. The van der Waals surface area contributed by atoms with E-state index in [4.69, 9.17) is 0 Å². The van der Waals surface area contributed by atoms with Gasteiger partial charge in [-0.1, -0.05) is 24.3 Å². The van der Waals surface area contributed by atoms with Gasteiger partial charge < -0.3 is 10.1 Å².